The van der Waals surface area contributed by atoms with E-state index in [9.17, 15) is 8.42 Å². The average Bonchev–Trinajstić information content (AvgIpc) is 2.41. The van der Waals surface area contributed by atoms with E-state index >= 15 is 0 Å². The van der Waals surface area contributed by atoms with Crippen molar-refractivity contribution < 1.29 is 13.2 Å². The molecule has 0 saturated carbocycles. The van der Waals surface area contributed by atoms with Crippen molar-refractivity contribution in [2.75, 3.05) is 17.6 Å². The van der Waals surface area contributed by atoms with Crippen LogP contribution in [0.1, 0.15) is 0 Å². The molecular formula is C12H12ClN3O3S. The number of nitrogens with one attached hydrogen (secondary N) is 1. The van der Waals surface area contributed by atoms with Gasteiger partial charge in [0.2, 0.25) is 0 Å². The first-order chi connectivity index (χ1) is 9.42. The fraction of sp³-hybridized carbons (Fsp3) is 0.0833. The molecule has 20 heavy (non-hydrogen) atoms. The third kappa shape index (κ3) is 3.12. The largest absolute Gasteiger partial charge is 0.497 e. The second-order valence-electron chi connectivity index (χ2n) is 3.87. The maximum atomic E-state index is 12.2. The Morgan fingerprint density at radius 3 is 2.70 bits per heavy atom. The highest BCUT2D eigenvalue weighted by Gasteiger charge is 2.16. The van der Waals surface area contributed by atoms with Crippen molar-refractivity contribution in [3.8, 4) is 5.75 Å². The van der Waals surface area contributed by atoms with E-state index in [1.54, 1.807) is 12.1 Å². The summed E-state index contributed by atoms with van der Waals surface area (Å²) in [6.07, 6.45) is 1.32. The van der Waals surface area contributed by atoms with E-state index < -0.39 is 10.0 Å². The van der Waals surface area contributed by atoms with Gasteiger partial charge in [0.25, 0.3) is 10.0 Å². The summed E-state index contributed by atoms with van der Waals surface area (Å²) in [5.74, 6) is 0.603. The van der Waals surface area contributed by atoms with Crippen molar-refractivity contribution in [2.45, 2.75) is 4.90 Å². The molecule has 0 radical (unpaired) electrons. The van der Waals surface area contributed by atoms with Gasteiger partial charge >= 0.3 is 0 Å². The summed E-state index contributed by atoms with van der Waals surface area (Å²) in [5.41, 5.74) is 5.70. The molecule has 3 N–H and O–H groups in total. The van der Waals surface area contributed by atoms with Gasteiger partial charge in [-0.3, -0.25) is 4.72 Å². The molecule has 0 aliphatic heterocycles. The Bertz CT molecular complexity index is 734. The van der Waals surface area contributed by atoms with Gasteiger partial charge in [-0.15, -0.1) is 0 Å². The van der Waals surface area contributed by atoms with Crippen molar-refractivity contribution in [3.05, 3.63) is 41.6 Å². The lowest BCUT2D eigenvalue weighted by molar-refractivity contribution is 0.415. The van der Waals surface area contributed by atoms with Gasteiger partial charge in [-0.05, 0) is 18.2 Å². The molecule has 0 aliphatic rings. The molecule has 0 bridgehead atoms. The molecule has 0 spiro atoms. The highest BCUT2D eigenvalue weighted by molar-refractivity contribution is 7.92. The molecule has 1 heterocycles. The number of aromatic nitrogens is 1. The predicted molar refractivity (Wildman–Crippen MR) is 77.5 cm³/mol. The topological polar surface area (TPSA) is 94.3 Å². The molecule has 1 aromatic carbocycles. The van der Waals surface area contributed by atoms with Crippen LogP contribution in [0.4, 0.5) is 11.5 Å². The zero-order valence-electron chi connectivity index (χ0n) is 10.5. The van der Waals surface area contributed by atoms with Crippen molar-refractivity contribution in [3.63, 3.8) is 0 Å². The quantitative estimate of drug-likeness (QED) is 0.901. The van der Waals surface area contributed by atoms with Gasteiger partial charge in [-0.25, -0.2) is 13.4 Å². The van der Waals surface area contributed by atoms with E-state index in [0.717, 1.165) is 0 Å². The highest BCUT2D eigenvalue weighted by Crippen LogP contribution is 2.28. The molecule has 0 fully saturated rings. The van der Waals surface area contributed by atoms with Crippen LogP contribution in [0, 0.1) is 0 Å². The van der Waals surface area contributed by atoms with Crippen molar-refractivity contribution in [1.29, 1.82) is 0 Å². The van der Waals surface area contributed by atoms with E-state index in [4.69, 9.17) is 22.1 Å². The molecule has 6 nitrogen and oxygen atoms in total. The minimum Gasteiger partial charge on any atom is -0.497 e. The van der Waals surface area contributed by atoms with Gasteiger partial charge in [0.15, 0.2) is 0 Å². The Kier molecular flexibility index (Phi) is 4.01. The lowest BCUT2D eigenvalue weighted by Crippen LogP contribution is -2.13. The second kappa shape index (κ2) is 5.56. The number of halogens is 1. The highest BCUT2D eigenvalue weighted by atomic mass is 35.5. The fourth-order valence-corrected chi connectivity index (χ4v) is 2.82. The van der Waals surface area contributed by atoms with Crippen LogP contribution >= 0.6 is 11.6 Å². The summed E-state index contributed by atoms with van der Waals surface area (Å²) in [4.78, 5) is 3.75. The molecule has 2 aromatic rings. The number of methoxy groups -OCH3 is 1. The molecule has 8 heteroatoms. The lowest BCUT2D eigenvalue weighted by atomic mass is 10.3. The van der Waals surface area contributed by atoms with Gasteiger partial charge in [-0.2, -0.15) is 0 Å². The van der Waals surface area contributed by atoms with Gasteiger partial charge in [0, 0.05) is 18.3 Å². The van der Waals surface area contributed by atoms with E-state index in [1.165, 1.54) is 31.5 Å². The molecule has 0 atom stereocenters. The number of rotatable bonds is 4. The Hall–Kier alpha value is -1.99. The number of nitrogens with zero attached hydrogens (tertiary/aromatic N) is 1. The summed E-state index contributed by atoms with van der Waals surface area (Å²) in [6, 6.07) is 7.26. The number of ether oxygens (including phenoxy) is 1. The van der Waals surface area contributed by atoms with Gasteiger partial charge < -0.3 is 10.5 Å². The molecular weight excluding hydrogens is 302 g/mol. The van der Waals surface area contributed by atoms with Crippen molar-refractivity contribution >= 4 is 33.1 Å². The van der Waals surface area contributed by atoms with Crippen LogP contribution in [0.3, 0.4) is 0 Å². The summed E-state index contributed by atoms with van der Waals surface area (Å²) >= 11 is 5.96. The molecule has 2 rings (SSSR count). The van der Waals surface area contributed by atoms with Crippen LogP contribution in [0.2, 0.25) is 5.02 Å². The molecule has 106 valence electrons. The Labute approximate surface area is 121 Å². The number of hydrogen-bond donors (Lipinski definition) is 2. The lowest BCUT2D eigenvalue weighted by Gasteiger charge is -2.11. The maximum Gasteiger partial charge on any atom is 0.262 e. The summed E-state index contributed by atoms with van der Waals surface area (Å²) in [6.45, 7) is 0. The molecule has 0 aliphatic carbocycles. The Morgan fingerprint density at radius 1 is 1.30 bits per heavy atom. The smallest absolute Gasteiger partial charge is 0.262 e. The fourth-order valence-electron chi connectivity index (χ4n) is 1.51. The van der Waals surface area contributed by atoms with Crippen LogP contribution in [0.5, 0.6) is 5.75 Å². The summed E-state index contributed by atoms with van der Waals surface area (Å²) in [7, 11) is -2.32. The Balaban J connectivity index is 2.38. The van der Waals surface area contributed by atoms with E-state index in [-0.39, 0.29) is 21.4 Å². The number of nitrogens with two attached hydrogens (primary N) is 1. The number of anilines is 2. The minimum atomic E-state index is -3.79. The SMILES string of the molecule is COc1ccc(Cl)c(NS(=O)(=O)c2ccnc(N)c2)c1. The molecule has 0 unspecified atom stereocenters. The number of nitrogen functional groups attached to an aromatic ring is 1. The molecule has 0 amide bonds. The van der Waals surface area contributed by atoms with Crippen molar-refractivity contribution in [1.82, 2.24) is 4.98 Å². The van der Waals surface area contributed by atoms with Crippen LogP contribution in [0.25, 0.3) is 0 Å². The zero-order chi connectivity index (χ0) is 14.8. The summed E-state index contributed by atoms with van der Waals surface area (Å²) in [5, 5.41) is 0.261. The first-order valence-electron chi connectivity index (χ1n) is 5.50. The third-order valence-electron chi connectivity index (χ3n) is 2.48. The van der Waals surface area contributed by atoms with Crippen LogP contribution in [0.15, 0.2) is 41.4 Å². The maximum absolute atomic E-state index is 12.2. The molecule has 0 saturated heterocycles. The van der Waals surface area contributed by atoms with E-state index in [1.807, 2.05) is 0 Å². The standard InChI is InChI=1S/C12H12ClN3O3S/c1-19-8-2-3-10(13)11(6-8)16-20(17,18)9-4-5-15-12(14)7-9/h2-7,16H,1H3,(H2,14,15). The Morgan fingerprint density at radius 2 is 2.05 bits per heavy atom. The van der Waals surface area contributed by atoms with Crippen LogP contribution < -0.4 is 15.2 Å². The summed E-state index contributed by atoms with van der Waals surface area (Å²) < 4.78 is 31.8. The monoisotopic (exact) mass is 313 g/mol. The average molecular weight is 314 g/mol. The minimum absolute atomic E-state index is 0.00360. The first kappa shape index (κ1) is 14.4. The van der Waals surface area contributed by atoms with Crippen LogP contribution in [-0.4, -0.2) is 20.5 Å². The van der Waals surface area contributed by atoms with Crippen molar-refractivity contribution in [2.24, 2.45) is 0 Å². The van der Waals surface area contributed by atoms with Gasteiger partial charge in [0.1, 0.15) is 11.6 Å². The van der Waals surface area contributed by atoms with Gasteiger partial charge in [-0.1, -0.05) is 11.6 Å². The normalized spacial score (nSPS) is 11.1. The third-order valence-corrected chi connectivity index (χ3v) is 4.17. The second-order valence-corrected chi connectivity index (χ2v) is 5.96. The first-order valence-corrected chi connectivity index (χ1v) is 7.36. The van der Waals surface area contributed by atoms with E-state index in [2.05, 4.69) is 9.71 Å². The predicted octanol–water partition coefficient (Wildman–Crippen LogP) is 2.13. The molecule has 1 aromatic heterocycles. The van der Waals surface area contributed by atoms with Crippen LogP contribution in [-0.2, 0) is 10.0 Å². The van der Waals surface area contributed by atoms with Gasteiger partial charge in [0.05, 0.1) is 22.7 Å². The zero-order valence-corrected chi connectivity index (χ0v) is 12.1. The number of pyridine rings is 1. The number of sulfonamides is 1. The number of benzene rings is 1. The number of hydrogen-bond acceptors (Lipinski definition) is 5. The van der Waals surface area contributed by atoms with E-state index in [0.29, 0.717) is 5.75 Å².